The van der Waals surface area contributed by atoms with Gasteiger partial charge in [-0.2, -0.15) is 13.2 Å². The maximum Gasteiger partial charge on any atom is 0.416 e. The van der Waals surface area contributed by atoms with E-state index in [9.17, 15) is 18.0 Å². The van der Waals surface area contributed by atoms with E-state index in [1.165, 1.54) is 6.07 Å². The molecular formula is C29H27F3N6O2. The number of hydrogen-bond acceptors (Lipinski definition) is 7. The number of carbonyl (C=O) groups excluding carboxylic acids is 1. The smallest absolute Gasteiger partial charge is 0.411 e. The SMILES string of the molecule is Cc1nc(N[C@H](C)c2cc(N)cc(C(F)(F)F)c2)c2cc(-c3cc(OC=O)n4cc(N(C)C)cc4c3)ccc2n1. The Labute approximate surface area is 228 Å². The van der Waals surface area contributed by atoms with Gasteiger partial charge in [0.05, 0.1) is 28.3 Å². The van der Waals surface area contributed by atoms with Gasteiger partial charge in [-0.25, -0.2) is 9.97 Å². The summed E-state index contributed by atoms with van der Waals surface area (Å²) in [6.45, 7) is 3.88. The summed E-state index contributed by atoms with van der Waals surface area (Å²) in [4.78, 5) is 22.3. The van der Waals surface area contributed by atoms with E-state index in [1.807, 2.05) is 55.5 Å². The van der Waals surface area contributed by atoms with Gasteiger partial charge in [-0.1, -0.05) is 6.07 Å². The highest BCUT2D eigenvalue weighted by Gasteiger charge is 2.31. The highest BCUT2D eigenvalue weighted by atomic mass is 19.4. The average Bonchev–Trinajstić information content (AvgIpc) is 3.33. The van der Waals surface area contributed by atoms with Crippen LogP contribution in [-0.2, 0) is 11.0 Å². The lowest BCUT2D eigenvalue weighted by Gasteiger charge is -2.19. The standard InChI is InChI=1S/C29H27F3N6O2/c1-16(19-7-21(29(30,31)32)12-22(33)8-19)34-28-25-10-18(5-6-26(25)35-17(2)36-28)20-9-23-13-24(37(3)4)14-38(23)27(11-20)40-15-39/h5-16H,33H2,1-4H3,(H,34,35,36)/t16-/m1/s1. The maximum absolute atomic E-state index is 13.4. The van der Waals surface area contributed by atoms with Gasteiger partial charge in [0, 0.05) is 37.4 Å². The molecule has 0 saturated carbocycles. The van der Waals surface area contributed by atoms with Gasteiger partial charge < -0.3 is 20.7 Å². The van der Waals surface area contributed by atoms with E-state index in [0.717, 1.165) is 34.5 Å². The van der Waals surface area contributed by atoms with Crippen molar-refractivity contribution < 1.29 is 22.7 Å². The van der Waals surface area contributed by atoms with Gasteiger partial charge in [-0.15, -0.1) is 0 Å². The number of alkyl halides is 3. The molecular weight excluding hydrogens is 521 g/mol. The van der Waals surface area contributed by atoms with E-state index in [-0.39, 0.29) is 5.69 Å². The third kappa shape index (κ3) is 5.22. The Morgan fingerprint density at radius 1 is 1.05 bits per heavy atom. The number of halogens is 3. The van der Waals surface area contributed by atoms with Gasteiger partial charge >= 0.3 is 6.18 Å². The lowest BCUT2D eigenvalue weighted by molar-refractivity contribution is -0.137. The highest BCUT2D eigenvalue weighted by Crippen LogP contribution is 2.35. The lowest BCUT2D eigenvalue weighted by atomic mass is 10.0. The summed E-state index contributed by atoms with van der Waals surface area (Å²) < 4.78 is 47.2. The predicted octanol–water partition coefficient (Wildman–Crippen LogP) is 6.23. The quantitative estimate of drug-likeness (QED) is 0.184. The number of pyridine rings is 1. The van der Waals surface area contributed by atoms with Crippen molar-refractivity contribution in [1.29, 1.82) is 0 Å². The summed E-state index contributed by atoms with van der Waals surface area (Å²) in [5.41, 5.74) is 9.40. The molecule has 5 rings (SSSR count). The van der Waals surface area contributed by atoms with Crippen LogP contribution in [0.5, 0.6) is 5.88 Å². The molecule has 3 heterocycles. The Hall–Kier alpha value is -4.80. The van der Waals surface area contributed by atoms with Gasteiger partial charge in [-0.3, -0.25) is 9.20 Å². The summed E-state index contributed by atoms with van der Waals surface area (Å²) in [5.74, 6) is 1.33. The van der Waals surface area contributed by atoms with Crippen LogP contribution in [0.15, 0.2) is 60.8 Å². The fourth-order valence-electron chi connectivity index (χ4n) is 4.63. The Morgan fingerprint density at radius 3 is 2.52 bits per heavy atom. The molecule has 0 aliphatic rings. The van der Waals surface area contributed by atoms with Crippen LogP contribution in [0.25, 0.3) is 27.5 Å². The number of carbonyl (C=O) groups is 1. The summed E-state index contributed by atoms with van der Waals surface area (Å²) >= 11 is 0. The van der Waals surface area contributed by atoms with E-state index in [1.54, 1.807) is 24.3 Å². The topological polar surface area (TPSA) is 97.8 Å². The monoisotopic (exact) mass is 548 g/mol. The molecule has 11 heteroatoms. The summed E-state index contributed by atoms with van der Waals surface area (Å²) in [7, 11) is 3.84. The molecule has 0 bridgehead atoms. The van der Waals surface area contributed by atoms with Crippen LogP contribution in [0, 0.1) is 6.92 Å². The van der Waals surface area contributed by atoms with Crippen molar-refractivity contribution in [1.82, 2.24) is 14.4 Å². The number of anilines is 3. The molecule has 0 radical (unpaired) electrons. The molecule has 0 unspecified atom stereocenters. The number of fused-ring (bicyclic) bond motifs is 2. The number of nitrogens with two attached hydrogens (primary N) is 1. The van der Waals surface area contributed by atoms with Crippen LogP contribution in [0.3, 0.4) is 0 Å². The largest absolute Gasteiger partial charge is 0.416 e. The molecule has 0 amide bonds. The second-order valence-electron chi connectivity index (χ2n) is 9.79. The molecule has 3 N–H and O–H groups in total. The van der Waals surface area contributed by atoms with Crippen molar-refractivity contribution >= 4 is 40.1 Å². The van der Waals surface area contributed by atoms with Crippen molar-refractivity contribution in [3.63, 3.8) is 0 Å². The summed E-state index contributed by atoms with van der Waals surface area (Å²) in [6.07, 6.45) is -2.64. The molecule has 0 aliphatic carbocycles. The summed E-state index contributed by atoms with van der Waals surface area (Å²) in [5, 5.41) is 3.93. The number of ether oxygens (including phenoxy) is 1. The average molecular weight is 549 g/mol. The third-order valence-corrected chi connectivity index (χ3v) is 6.64. The van der Waals surface area contributed by atoms with Gasteiger partial charge in [0.2, 0.25) is 5.88 Å². The van der Waals surface area contributed by atoms with E-state index in [4.69, 9.17) is 10.5 Å². The van der Waals surface area contributed by atoms with Gasteiger partial charge in [0.25, 0.3) is 6.47 Å². The molecule has 0 fully saturated rings. The van der Waals surface area contributed by atoms with E-state index in [2.05, 4.69) is 15.3 Å². The Kier molecular flexibility index (Phi) is 6.74. The molecule has 0 spiro atoms. The van der Waals surface area contributed by atoms with Crippen molar-refractivity contribution in [3.8, 4) is 17.0 Å². The van der Waals surface area contributed by atoms with Crippen LogP contribution in [0.4, 0.5) is 30.4 Å². The number of nitrogens with zero attached hydrogens (tertiary/aromatic N) is 4. The Balaban J connectivity index is 1.58. The molecule has 3 aromatic heterocycles. The Morgan fingerprint density at radius 2 is 1.82 bits per heavy atom. The lowest BCUT2D eigenvalue weighted by Crippen LogP contribution is -2.12. The second kappa shape index (κ2) is 10.1. The van der Waals surface area contributed by atoms with E-state index >= 15 is 0 Å². The van der Waals surface area contributed by atoms with Gasteiger partial charge in [-0.05, 0) is 73.0 Å². The first kappa shape index (κ1) is 26.8. The van der Waals surface area contributed by atoms with Gasteiger partial charge in [0.1, 0.15) is 11.6 Å². The normalized spacial score (nSPS) is 12.5. The molecule has 8 nitrogen and oxygen atoms in total. The molecule has 1 atom stereocenters. The molecule has 0 saturated heterocycles. The maximum atomic E-state index is 13.4. The first-order chi connectivity index (χ1) is 18.9. The number of nitrogen functional groups attached to an aromatic ring is 1. The molecule has 206 valence electrons. The minimum Gasteiger partial charge on any atom is -0.411 e. The number of benzene rings is 2. The number of nitrogens with one attached hydrogen (secondary N) is 1. The number of aromatic nitrogens is 3. The van der Waals surface area contributed by atoms with Crippen LogP contribution in [-0.4, -0.2) is 34.9 Å². The van der Waals surface area contributed by atoms with Gasteiger partial charge in [0.15, 0.2) is 0 Å². The van der Waals surface area contributed by atoms with Crippen molar-refractivity contribution in [2.24, 2.45) is 0 Å². The molecule has 40 heavy (non-hydrogen) atoms. The molecule has 5 aromatic rings. The molecule has 0 aliphatic heterocycles. The molecule has 2 aromatic carbocycles. The summed E-state index contributed by atoms with van der Waals surface area (Å²) in [6, 6.07) is 14.3. The highest BCUT2D eigenvalue weighted by molar-refractivity contribution is 5.93. The van der Waals surface area contributed by atoms with Crippen LogP contribution >= 0.6 is 0 Å². The Bertz CT molecular complexity index is 1750. The number of hydrogen-bond donors (Lipinski definition) is 2. The number of rotatable bonds is 7. The third-order valence-electron chi connectivity index (χ3n) is 6.64. The minimum atomic E-state index is -4.52. The van der Waals surface area contributed by atoms with Crippen molar-refractivity contribution in [2.75, 3.05) is 30.0 Å². The van der Waals surface area contributed by atoms with Crippen molar-refractivity contribution in [2.45, 2.75) is 26.1 Å². The predicted molar refractivity (Wildman–Crippen MR) is 150 cm³/mol. The fourth-order valence-corrected chi connectivity index (χ4v) is 4.63. The zero-order valence-electron chi connectivity index (χ0n) is 22.2. The fraction of sp³-hybridized carbons (Fsp3) is 0.207. The zero-order valence-corrected chi connectivity index (χ0v) is 22.2. The first-order valence-electron chi connectivity index (χ1n) is 12.4. The zero-order chi connectivity index (χ0) is 28.8. The second-order valence-corrected chi connectivity index (χ2v) is 9.79. The van der Waals surface area contributed by atoms with Crippen molar-refractivity contribution in [3.05, 3.63) is 77.7 Å². The van der Waals surface area contributed by atoms with Crippen LogP contribution in [0.1, 0.15) is 29.9 Å². The number of aryl methyl sites for hydroxylation is 1. The minimum absolute atomic E-state index is 0.0241. The first-order valence-corrected chi connectivity index (χ1v) is 12.4. The van der Waals surface area contributed by atoms with E-state index in [0.29, 0.717) is 40.5 Å². The van der Waals surface area contributed by atoms with E-state index < -0.39 is 17.8 Å². The van der Waals surface area contributed by atoms with Crippen LogP contribution in [0.2, 0.25) is 0 Å². The van der Waals surface area contributed by atoms with Crippen LogP contribution < -0.4 is 20.7 Å².